The molecule has 6 nitrogen and oxygen atoms in total. The second kappa shape index (κ2) is 45.1. The summed E-state index contributed by atoms with van der Waals surface area (Å²) in [6, 6.07) is -0.738. The molecule has 3 N–H and O–H groups in total. The summed E-state index contributed by atoms with van der Waals surface area (Å²) < 4.78 is 5.83. The third-order valence-electron chi connectivity index (χ3n) is 10.3. The number of carbonyl (C=O) groups excluding carboxylic acids is 2. The number of unbranched alkanes of at least 4 members (excludes halogenated alkanes) is 19. The molecule has 0 heterocycles. The Morgan fingerprint density at radius 1 is 0.534 bits per heavy atom. The number of carbonyl (C=O) groups is 2. The molecule has 0 radical (unpaired) electrons. The normalized spacial score (nSPS) is 14.1. The summed E-state index contributed by atoms with van der Waals surface area (Å²) in [6.45, 7) is 6.28. The SMILES string of the molecule is CC/C=C/C=C/C=C\C=C/C=C/CCCC(CC(=O)NC(CO)C(O)CCCCCCCCCCCCCCC)OC(=O)CC/C=C/C/C=C\CCCCCCCC. The molecule has 6 heteroatoms. The van der Waals surface area contributed by atoms with Gasteiger partial charge in [0.05, 0.1) is 25.2 Å². The summed E-state index contributed by atoms with van der Waals surface area (Å²) in [7, 11) is 0. The molecule has 0 spiro atoms. The van der Waals surface area contributed by atoms with Crippen molar-refractivity contribution in [2.75, 3.05) is 6.61 Å². The van der Waals surface area contributed by atoms with E-state index >= 15 is 0 Å². The summed E-state index contributed by atoms with van der Waals surface area (Å²) in [6.07, 6.45) is 58.0. The van der Waals surface area contributed by atoms with Crippen molar-refractivity contribution in [3.8, 4) is 0 Å². The van der Waals surface area contributed by atoms with E-state index in [1.54, 1.807) is 0 Å². The maximum Gasteiger partial charge on any atom is 0.306 e. The van der Waals surface area contributed by atoms with Crippen LogP contribution in [0.15, 0.2) is 85.1 Å². The van der Waals surface area contributed by atoms with Crippen LogP contribution in [0.5, 0.6) is 0 Å². The predicted molar refractivity (Wildman–Crippen MR) is 250 cm³/mol. The van der Waals surface area contributed by atoms with E-state index in [9.17, 15) is 19.8 Å². The third-order valence-corrected chi connectivity index (χ3v) is 10.3. The Bertz CT molecular complexity index is 1130. The fourth-order valence-corrected chi connectivity index (χ4v) is 6.74. The van der Waals surface area contributed by atoms with E-state index in [1.165, 1.54) is 103 Å². The van der Waals surface area contributed by atoms with Gasteiger partial charge in [-0.05, 0) is 57.8 Å². The second-order valence-corrected chi connectivity index (χ2v) is 15.9. The molecule has 0 saturated carbocycles. The Morgan fingerprint density at radius 3 is 1.57 bits per heavy atom. The Hall–Kier alpha value is -2.96. The van der Waals surface area contributed by atoms with Gasteiger partial charge in [-0.2, -0.15) is 0 Å². The first kappa shape index (κ1) is 55.0. The topological polar surface area (TPSA) is 95.9 Å². The van der Waals surface area contributed by atoms with E-state index in [-0.39, 0.29) is 31.3 Å². The molecule has 0 aliphatic rings. The molecule has 1 amide bonds. The average molecular weight is 808 g/mol. The molecule has 0 bridgehead atoms. The van der Waals surface area contributed by atoms with E-state index < -0.39 is 18.2 Å². The number of hydrogen-bond donors (Lipinski definition) is 3. The molecular formula is C52H89NO5. The molecule has 0 aromatic heterocycles. The molecule has 3 atom stereocenters. The van der Waals surface area contributed by atoms with Crippen molar-refractivity contribution in [1.82, 2.24) is 5.32 Å². The predicted octanol–water partition coefficient (Wildman–Crippen LogP) is 14.0. The molecule has 0 aromatic rings. The van der Waals surface area contributed by atoms with Crippen molar-refractivity contribution >= 4 is 11.9 Å². The molecule has 0 rings (SSSR count). The van der Waals surface area contributed by atoms with Crippen LogP contribution in [-0.4, -0.2) is 46.9 Å². The minimum absolute atomic E-state index is 0.00229. The van der Waals surface area contributed by atoms with Crippen LogP contribution in [-0.2, 0) is 14.3 Å². The van der Waals surface area contributed by atoms with Gasteiger partial charge in [0.1, 0.15) is 6.10 Å². The van der Waals surface area contributed by atoms with Crippen LogP contribution in [0, 0.1) is 0 Å². The number of rotatable bonds is 41. The first-order chi connectivity index (χ1) is 28.5. The fourth-order valence-electron chi connectivity index (χ4n) is 6.74. The van der Waals surface area contributed by atoms with Crippen molar-refractivity contribution in [1.29, 1.82) is 0 Å². The van der Waals surface area contributed by atoms with Gasteiger partial charge >= 0.3 is 5.97 Å². The molecule has 58 heavy (non-hydrogen) atoms. The van der Waals surface area contributed by atoms with Gasteiger partial charge in [0.25, 0.3) is 0 Å². The van der Waals surface area contributed by atoms with Gasteiger partial charge in [-0.15, -0.1) is 0 Å². The van der Waals surface area contributed by atoms with Crippen LogP contribution in [0.1, 0.15) is 207 Å². The van der Waals surface area contributed by atoms with Gasteiger partial charge in [-0.3, -0.25) is 9.59 Å². The molecule has 0 aliphatic heterocycles. The van der Waals surface area contributed by atoms with Crippen molar-refractivity contribution in [3.05, 3.63) is 85.1 Å². The van der Waals surface area contributed by atoms with Crippen molar-refractivity contribution < 1.29 is 24.5 Å². The smallest absolute Gasteiger partial charge is 0.306 e. The van der Waals surface area contributed by atoms with Crippen LogP contribution in [0.3, 0.4) is 0 Å². The summed E-state index contributed by atoms with van der Waals surface area (Å²) in [5.74, 6) is -0.634. The lowest BCUT2D eigenvalue weighted by molar-refractivity contribution is -0.150. The van der Waals surface area contributed by atoms with E-state index in [2.05, 4.69) is 56.5 Å². The fraction of sp³-hybridized carbons (Fsp3) is 0.692. The lowest BCUT2D eigenvalue weighted by Gasteiger charge is -2.24. The lowest BCUT2D eigenvalue weighted by Crippen LogP contribution is -2.46. The monoisotopic (exact) mass is 808 g/mol. The van der Waals surface area contributed by atoms with Crippen molar-refractivity contribution in [3.63, 3.8) is 0 Å². The summed E-state index contributed by atoms with van der Waals surface area (Å²) in [5, 5.41) is 23.6. The van der Waals surface area contributed by atoms with Crippen LogP contribution in [0.4, 0.5) is 0 Å². The summed E-state index contributed by atoms with van der Waals surface area (Å²) in [4.78, 5) is 26.0. The first-order valence-electron chi connectivity index (χ1n) is 23.9. The summed E-state index contributed by atoms with van der Waals surface area (Å²) in [5.41, 5.74) is 0. The first-order valence-corrected chi connectivity index (χ1v) is 23.9. The van der Waals surface area contributed by atoms with Gasteiger partial charge in [-0.1, -0.05) is 221 Å². The van der Waals surface area contributed by atoms with Crippen LogP contribution in [0.25, 0.3) is 0 Å². The zero-order valence-corrected chi connectivity index (χ0v) is 37.6. The Labute approximate surface area is 357 Å². The number of allylic oxidation sites excluding steroid dienone is 14. The quantitative estimate of drug-likeness (QED) is 0.0247. The van der Waals surface area contributed by atoms with Gasteiger partial charge in [0.2, 0.25) is 5.91 Å². The van der Waals surface area contributed by atoms with E-state index in [1.807, 2.05) is 54.7 Å². The number of hydrogen-bond acceptors (Lipinski definition) is 5. The Morgan fingerprint density at radius 2 is 1.02 bits per heavy atom. The molecule has 0 aromatic carbocycles. The number of esters is 1. The maximum atomic E-state index is 13.1. The third kappa shape index (κ3) is 39.8. The van der Waals surface area contributed by atoms with Crippen LogP contribution < -0.4 is 5.32 Å². The second-order valence-electron chi connectivity index (χ2n) is 15.9. The number of aliphatic hydroxyl groups is 2. The number of aliphatic hydroxyl groups excluding tert-OH is 2. The number of amides is 1. The minimum Gasteiger partial charge on any atom is -0.462 e. The van der Waals surface area contributed by atoms with Gasteiger partial charge in [-0.25, -0.2) is 0 Å². The largest absolute Gasteiger partial charge is 0.462 e. The highest BCUT2D eigenvalue weighted by Gasteiger charge is 2.23. The molecule has 0 aliphatic carbocycles. The highest BCUT2D eigenvalue weighted by atomic mass is 16.5. The van der Waals surface area contributed by atoms with Gasteiger partial charge in [0.15, 0.2) is 0 Å². The highest BCUT2D eigenvalue weighted by Crippen LogP contribution is 2.16. The lowest BCUT2D eigenvalue weighted by atomic mass is 10.0. The molecule has 0 fully saturated rings. The van der Waals surface area contributed by atoms with E-state index in [0.717, 1.165) is 51.4 Å². The maximum absolute atomic E-state index is 13.1. The standard InChI is InChI=1S/C52H89NO5/c1-4-7-10-13-16-19-22-25-28-31-34-37-40-43-48(58-52(57)45-42-39-36-33-30-27-24-21-18-15-12-9-6-3)46-51(56)53-49(47-54)50(55)44-41-38-35-32-29-26-23-20-17-14-11-8-5-2/h7,10,13,16,19,22,25,27-28,30-31,34,36,39,48-50,54-55H,4-6,8-9,11-12,14-15,17-18,20-21,23-24,26,29,32-33,35,37-38,40-47H2,1-3H3,(H,53,56)/b10-7+,16-13+,22-19-,28-25-,30-27-,34-31+,39-36+. The van der Waals surface area contributed by atoms with Gasteiger partial charge < -0.3 is 20.3 Å². The Kier molecular flexibility index (Phi) is 42.8. The zero-order valence-electron chi connectivity index (χ0n) is 37.6. The molecular weight excluding hydrogens is 719 g/mol. The minimum atomic E-state index is -0.818. The number of nitrogens with one attached hydrogen (secondary N) is 1. The molecule has 0 saturated heterocycles. The van der Waals surface area contributed by atoms with E-state index in [0.29, 0.717) is 19.3 Å². The number of ether oxygens (including phenoxy) is 1. The molecule has 332 valence electrons. The van der Waals surface area contributed by atoms with Crippen LogP contribution >= 0.6 is 0 Å². The highest BCUT2D eigenvalue weighted by molar-refractivity contribution is 5.77. The molecule has 3 unspecified atom stereocenters. The van der Waals surface area contributed by atoms with Gasteiger partial charge in [0, 0.05) is 6.42 Å². The zero-order chi connectivity index (χ0) is 42.4. The Balaban J connectivity index is 4.78. The summed E-state index contributed by atoms with van der Waals surface area (Å²) >= 11 is 0. The average Bonchev–Trinajstić information content (AvgIpc) is 3.22. The van der Waals surface area contributed by atoms with Crippen LogP contribution in [0.2, 0.25) is 0 Å². The van der Waals surface area contributed by atoms with Crippen molar-refractivity contribution in [2.24, 2.45) is 0 Å². The van der Waals surface area contributed by atoms with Crippen molar-refractivity contribution in [2.45, 2.75) is 225 Å². The van der Waals surface area contributed by atoms with E-state index in [4.69, 9.17) is 4.74 Å².